The van der Waals surface area contributed by atoms with E-state index < -0.39 is 0 Å². The van der Waals surface area contributed by atoms with Gasteiger partial charge in [-0.15, -0.1) is 0 Å². The van der Waals surface area contributed by atoms with E-state index in [0.29, 0.717) is 23.0 Å². The number of hydrogen-bond acceptors (Lipinski definition) is 6. The molecule has 6 heteroatoms. The van der Waals surface area contributed by atoms with Crippen LogP contribution in [-0.2, 0) is 0 Å². The van der Waals surface area contributed by atoms with Gasteiger partial charge in [0.25, 0.3) is 0 Å². The Balaban J connectivity index is 2.39. The van der Waals surface area contributed by atoms with E-state index >= 15 is 0 Å². The molecule has 0 bridgehead atoms. The maximum absolute atomic E-state index is 8.98. The Morgan fingerprint density at radius 2 is 1.95 bits per heavy atom. The van der Waals surface area contributed by atoms with Crippen molar-refractivity contribution in [2.75, 3.05) is 19.5 Å². The fourth-order valence-corrected chi connectivity index (χ4v) is 1.55. The highest BCUT2D eigenvalue weighted by Gasteiger charge is 2.09. The zero-order chi connectivity index (χ0) is 13.7. The summed E-state index contributed by atoms with van der Waals surface area (Å²) in [5, 5.41) is 12.0. The highest BCUT2D eigenvalue weighted by molar-refractivity contribution is 5.68. The Labute approximate surface area is 110 Å². The Hall–Kier alpha value is -2.81. The summed E-state index contributed by atoms with van der Waals surface area (Å²) in [7, 11) is 3.14. The van der Waals surface area contributed by atoms with Crippen molar-refractivity contribution in [3.63, 3.8) is 0 Å². The molecule has 0 amide bonds. The Bertz CT molecular complexity index is 622. The van der Waals surface area contributed by atoms with E-state index in [-0.39, 0.29) is 5.69 Å². The van der Waals surface area contributed by atoms with Crippen molar-refractivity contribution in [1.29, 1.82) is 5.26 Å². The molecule has 0 atom stereocenters. The van der Waals surface area contributed by atoms with Crippen molar-refractivity contribution in [1.82, 2.24) is 9.97 Å². The van der Waals surface area contributed by atoms with Crippen LogP contribution in [0, 0.1) is 11.3 Å². The molecule has 0 fully saturated rings. The first-order valence-electron chi connectivity index (χ1n) is 5.48. The minimum absolute atomic E-state index is 0.215. The molecule has 0 radical (unpaired) electrons. The fraction of sp³-hybridized carbons (Fsp3) is 0.154. The average Bonchev–Trinajstić information content (AvgIpc) is 2.47. The zero-order valence-electron chi connectivity index (χ0n) is 10.5. The summed E-state index contributed by atoms with van der Waals surface area (Å²) < 4.78 is 10.4. The molecule has 0 aliphatic rings. The van der Waals surface area contributed by atoms with Gasteiger partial charge in [0, 0.05) is 18.5 Å². The normalized spacial score (nSPS) is 9.53. The van der Waals surface area contributed by atoms with Crippen LogP contribution in [0.2, 0.25) is 0 Å². The van der Waals surface area contributed by atoms with E-state index in [1.165, 1.54) is 12.4 Å². The SMILES string of the molecule is COc1ccc(OC)c(Nc2nccnc2C#N)c1. The number of nitrogens with one attached hydrogen (secondary N) is 1. The largest absolute Gasteiger partial charge is 0.497 e. The van der Waals surface area contributed by atoms with Crippen LogP contribution in [0.5, 0.6) is 11.5 Å². The first-order chi connectivity index (χ1) is 9.28. The second-order valence-electron chi connectivity index (χ2n) is 3.56. The number of methoxy groups -OCH3 is 2. The molecule has 0 saturated heterocycles. The minimum atomic E-state index is 0.215. The van der Waals surface area contributed by atoms with Crippen LogP contribution >= 0.6 is 0 Å². The number of ether oxygens (including phenoxy) is 2. The molecule has 2 rings (SSSR count). The number of rotatable bonds is 4. The maximum atomic E-state index is 8.98. The molecular weight excluding hydrogens is 244 g/mol. The van der Waals surface area contributed by atoms with E-state index in [0.717, 1.165) is 0 Å². The molecule has 1 N–H and O–H groups in total. The van der Waals surface area contributed by atoms with Crippen molar-refractivity contribution in [2.45, 2.75) is 0 Å². The first kappa shape index (κ1) is 12.6. The van der Waals surface area contributed by atoms with Crippen molar-refractivity contribution in [3.05, 3.63) is 36.3 Å². The van der Waals surface area contributed by atoms with Gasteiger partial charge in [-0.2, -0.15) is 5.26 Å². The lowest BCUT2D eigenvalue weighted by atomic mass is 10.2. The van der Waals surface area contributed by atoms with Gasteiger partial charge in [0.05, 0.1) is 19.9 Å². The van der Waals surface area contributed by atoms with Gasteiger partial charge in [0.15, 0.2) is 11.5 Å². The third-order valence-corrected chi connectivity index (χ3v) is 2.46. The van der Waals surface area contributed by atoms with E-state index in [2.05, 4.69) is 15.3 Å². The summed E-state index contributed by atoms with van der Waals surface area (Å²) in [6.45, 7) is 0. The van der Waals surface area contributed by atoms with Crippen LogP contribution in [0.25, 0.3) is 0 Å². The van der Waals surface area contributed by atoms with Crippen LogP contribution in [-0.4, -0.2) is 24.2 Å². The van der Waals surface area contributed by atoms with Gasteiger partial charge < -0.3 is 14.8 Å². The summed E-state index contributed by atoms with van der Waals surface area (Å²) >= 11 is 0. The zero-order valence-corrected chi connectivity index (χ0v) is 10.5. The molecule has 1 aromatic carbocycles. The quantitative estimate of drug-likeness (QED) is 0.902. The number of nitrogens with zero attached hydrogens (tertiary/aromatic N) is 3. The molecule has 1 aromatic heterocycles. The Kier molecular flexibility index (Phi) is 3.78. The van der Waals surface area contributed by atoms with Crippen LogP contribution in [0.15, 0.2) is 30.6 Å². The lowest BCUT2D eigenvalue weighted by Crippen LogP contribution is -2.00. The lowest BCUT2D eigenvalue weighted by Gasteiger charge is -2.12. The van der Waals surface area contributed by atoms with Gasteiger partial charge in [-0.1, -0.05) is 0 Å². The lowest BCUT2D eigenvalue weighted by molar-refractivity contribution is 0.405. The molecule has 2 aromatic rings. The summed E-state index contributed by atoms with van der Waals surface area (Å²) in [6, 6.07) is 7.28. The van der Waals surface area contributed by atoms with Gasteiger partial charge in [0.1, 0.15) is 17.6 Å². The fourth-order valence-electron chi connectivity index (χ4n) is 1.55. The Morgan fingerprint density at radius 3 is 2.63 bits per heavy atom. The van der Waals surface area contributed by atoms with Gasteiger partial charge in [-0.05, 0) is 12.1 Å². The van der Waals surface area contributed by atoms with Crippen LogP contribution in [0.4, 0.5) is 11.5 Å². The van der Waals surface area contributed by atoms with E-state index in [4.69, 9.17) is 14.7 Å². The second-order valence-corrected chi connectivity index (χ2v) is 3.56. The van der Waals surface area contributed by atoms with E-state index in [1.54, 1.807) is 32.4 Å². The molecule has 6 nitrogen and oxygen atoms in total. The summed E-state index contributed by atoms with van der Waals surface area (Å²) in [4.78, 5) is 8.02. The van der Waals surface area contributed by atoms with Crippen LogP contribution < -0.4 is 14.8 Å². The summed E-state index contributed by atoms with van der Waals surface area (Å²) in [5.41, 5.74) is 0.867. The summed E-state index contributed by atoms with van der Waals surface area (Å²) in [5.74, 6) is 1.66. The minimum Gasteiger partial charge on any atom is -0.497 e. The number of nitriles is 1. The predicted octanol–water partition coefficient (Wildman–Crippen LogP) is 2.11. The monoisotopic (exact) mass is 256 g/mol. The average molecular weight is 256 g/mol. The van der Waals surface area contributed by atoms with E-state index in [1.807, 2.05) is 6.07 Å². The van der Waals surface area contributed by atoms with Gasteiger partial charge in [0.2, 0.25) is 0 Å². The molecule has 0 saturated carbocycles. The highest BCUT2D eigenvalue weighted by atomic mass is 16.5. The van der Waals surface area contributed by atoms with Crippen molar-refractivity contribution in [2.24, 2.45) is 0 Å². The van der Waals surface area contributed by atoms with Crippen molar-refractivity contribution in [3.8, 4) is 17.6 Å². The molecule has 0 unspecified atom stereocenters. The van der Waals surface area contributed by atoms with Gasteiger partial charge in [-0.3, -0.25) is 0 Å². The van der Waals surface area contributed by atoms with Crippen molar-refractivity contribution < 1.29 is 9.47 Å². The van der Waals surface area contributed by atoms with Gasteiger partial charge >= 0.3 is 0 Å². The standard InChI is InChI=1S/C13H12N4O2/c1-18-9-3-4-12(19-2)10(7-9)17-13-11(8-14)15-5-6-16-13/h3-7H,1-2H3,(H,16,17). The third-order valence-electron chi connectivity index (χ3n) is 2.46. The molecule has 0 spiro atoms. The maximum Gasteiger partial charge on any atom is 0.183 e. The molecule has 0 aliphatic heterocycles. The first-order valence-corrected chi connectivity index (χ1v) is 5.48. The number of benzene rings is 1. The smallest absolute Gasteiger partial charge is 0.183 e. The third kappa shape index (κ3) is 2.72. The number of aromatic nitrogens is 2. The molecular formula is C13H12N4O2. The second kappa shape index (κ2) is 5.69. The Morgan fingerprint density at radius 1 is 1.16 bits per heavy atom. The molecule has 1 heterocycles. The predicted molar refractivity (Wildman–Crippen MR) is 69.6 cm³/mol. The van der Waals surface area contributed by atoms with Crippen molar-refractivity contribution >= 4 is 11.5 Å². The highest BCUT2D eigenvalue weighted by Crippen LogP contribution is 2.31. The topological polar surface area (TPSA) is 80.1 Å². The molecule has 0 aliphatic carbocycles. The number of anilines is 2. The summed E-state index contributed by atoms with van der Waals surface area (Å²) in [6.07, 6.45) is 2.97. The van der Waals surface area contributed by atoms with E-state index in [9.17, 15) is 0 Å². The van der Waals surface area contributed by atoms with Gasteiger partial charge in [-0.25, -0.2) is 9.97 Å². The molecule has 19 heavy (non-hydrogen) atoms. The van der Waals surface area contributed by atoms with Crippen LogP contribution in [0.3, 0.4) is 0 Å². The molecule has 96 valence electrons. The number of hydrogen-bond donors (Lipinski definition) is 1. The van der Waals surface area contributed by atoms with Crippen LogP contribution in [0.1, 0.15) is 5.69 Å².